The van der Waals surface area contributed by atoms with Gasteiger partial charge in [-0.25, -0.2) is 13.4 Å². The Morgan fingerprint density at radius 1 is 1.31 bits per heavy atom. The number of fused-ring (bicyclic) bond motifs is 1. The zero-order chi connectivity index (χ0) is 18.9. The molecule has 138 valence electrons. The summed E-state index contributed by atoms with van der Waals surface area (Å²) in [5, 5.41) is 2.69. The van der Waals surface area contributed by atoms with Crippen LogP contribution in [0.25, 0.3) is 11.0 Å². The maximum absolute atomic E-state index is 12.5. The number of nitrogens with one attached hydrogen (secondary N) is 1. The number of para-hydroxylation sites is 2. The van der Waals surface area contributed by atoms with Crippen molar-refractivity contribution in [2.75, 3.05) is 18.9 Å². The number of aryl methyl sites for hydroxylation is 1. The molecule has 1 amide bonds. The molecule has 0 saturated carbocycles. The van der Waals surface area contributed by atoms with E-state index in [0.717, 1.165) is 26.7 Å². The smallest absolute Gasteiger partial charge is 0.252 e. The first kappa shape index (κ1) is 18.8. The van der Waals surface area contributed by atoms with Gasteiger partial charge in [-0.2, -0.15) is 4.31 Å². The van der Waals surface area contributed by atoms with E-state index in [4.69, 9.17) is 11.6 Å². The van der Waals surface area contributed by atoms with Gasteiger partial charge in [-0.15, -0.1) is 11.3 Å². The molecule has 2 heterocycles. The number of likely N-dealkylation sites (N-methyl/N-ethyl adjacent to an activating group) is 1. The number of imidazole rings is 1. The standard InChI is InChI=1S/C16H17ClN4O3S2/c1-3-21-12-7-5-4-6-11(12)18-16(21)19-14(22)10-20(2)26(23,24)15-9-8-13(17)25-15/h4-9H,3,10H2,1-2H3,(H,18,19,22). The second-order valence-electron chi connectivity index (χ2n) is 5.54. The number of nitrogens with zero attached hydrogens (tertiary/aromatic N) is 3. The van der Waals surface area contributed by atoms with E-state index in [2.05, 4.69) is 10.3 Å². The summed E-state index contributed by atoms with van der Waals surface area (Å²) in [6.07, 6.45) is 0. The Balaban J connectivity index is 1.77. The van der Waals surface area contributed by atoms with Crippen LogP contribution in [0.1, 0.15) is 6.92 Å². The maximum atomic E-state index is 12.5. The van der Waals surface area contributed by atoms with Crippen molar-refractivity contribution in [3.8, 4) is 0 Å². The quantitative estimate of drug-likeness (QED) is 0.674. The van der Waals surface area contributed by atoms with Crippen LogP contribution >= 0.6 is 22.9 Å². The molecule has 0 atom stereocenters. The number of rotatable bonds is 6. The van der Waals surface area contributed by atoms with E-state index in [9.17, 15) is 13.2 Å². The summed E-state index contributed by atoms with van der Waals surface area (Å²) in [7, 11) is -2.41. The number of benzene rings is 1. The average molecular weight is 413 g/mol. The average Bonchev–Trinajstić information content (AvgIpc) is 3.17. The van der Waals surface area contributed by atoms with Gasteiger partial charge in [0.05, 0.1) is 21.9 Å². The van der Waals surface area contributed by atoms with Crippen LogP contribution in [0.5, 0.6) is 0 Å². The molecule has 0 aliphatic rings. The third kappa shape index (κ3) is 3.61. The lowest BCUT2D eigenvalue weighted by Gasteiger charge is -2.15. The highest BCUT2D eigenvalue weighted by molar-refractivity contribution is 7.91. The molecule has 0 spiro atoms. The van der Waals surface area contributed by atoms with Crippen LogP contribution in [0.2, 0.25) is 4.34 Å². The molecule has 26 heavy (non-hydrogen) atoms. The second kappa shape index (κ2) is 7.36. The molecule has 3 rings (SSSR count). The highest BCUT2D eigenvalue weighted by Crippen LogP contribution is 2.27. The fourth-order valence-corrected chi connectivity index (χ4v) is 5.35. The van der Waals surface area contributed by atoms with E-state index in [1.807, 2.05) is 35.8 Å². The van der Waals surface area contributed by atoms with Gasteiger partial charge in [0.2, 0.25) is 11.9 Å². The van der Waals surface area contributed by atoms with Crippen molar-refractivity contribution in [3.05, 3.63) is 40.7 Å². The second-order valence-corrected chi connectivity index (χ2v) is 9.52. The van der Waals surface area contributed by atoms with Crippen LogP contribution in [0.3, 0.4) is 0 Å². The third-order valence-electron chi connectivity index (χ3n) is 3.80. The molecule has 1 N–H and O–H groups in total. The Hall–Kier alpha value is -1.94. The van der Waals surface area contributed by atoms with Crippen molar-refractivity contribution >= 4 is 55.8 Å². The van der Waals surface area contributed by atoms with Gasteiger partial charge in [0.25, 0.3) is 10.0 Å². The molecule has 10 heteroatoms. The minimum Gasteiger partial charge on any atom is -0.310 e. The molecular formula is C16H17ClN4O3S2. The van der Waals surface area contributed by atoms with Crippen LogP contribution in [-0.2, 0) is 21.4 Å². The number of sulfonamides is 1. The fourth-order valence-electron chi connectivity index (χ4n) is 2.53. The number of carbonyl (C=O) groups excluding carboxylic acids is 1. The SMILES string of the molecule is CCn1c(NC(=O)CN(C)S(=O)(=O)c2ccc(Cl)s2)nc2ccccc21. The first-order valence-corrected chi connectivity index (χ1v) is 10.4. The zero-order valence-electron chi connectivity index (χ0n) is 14.1. The van der Waals surface area contributed by atoms with E-state index in [1.54, 1.807) is 0 Å². The largest absolute Gasteiger partial charge is 0.310 e. The molecular weight excluding hydrogens is 396 g/mol. The number of halogens is 1. The fraction of sp³-hybridized carbons (Fsp3) is 0.250. The van der Waals surface area contributed by atoms with Crippen molar-refractivity contribution in [2.24, 2.45) is 0 Å². The molecule has 0 radical (unpaired) electrons. The monoisotopic (exact) mass is 412 g/mol. The maximum Gasteiger partial charge on any atom is 0.252 e. The van der Waals surface area contributed by atoms with Crippen LogP contribution in [-0.4, -0.2) is 41.8 Å². The summed E-state index contributed by atoms with van der Waals surface area (Å²) in [5.41, 5.74) is 1.67. The Bertz CT molecular complexity index is 1060. The Morgan fingerprint density at radius 3 is 2.69 bits per heavy atom. The molecule has 0 bridgehead atoms. The van der Waals surface area contributed by atoms with Gasteiger partial charge in [-0.05, 0) is 31.2 Å². The Labute approximate surface area is 160 Å². The summed E-state index contributed by atoms with van der Waals surface area (Å²) >= 11 is 6.75. The van der Waals surface area contributed by atoms with Gasteiger partial charge in [0, 0.05) is 13.6 Å². The Morgan fingerprint density at radius 2 is 2.04 bits per heavy atom. The van der Waals surface area contributed by atoms with Gasteiger partial charge >= 0.3 is 0 Å². The minimum absolute atomic E-state index is 0.0959. The van der Waals surface area contributed by atoms with Crippen LogP contribution in [0, 0.1) is 0 Å². The lowest BCUT2D eigenvalue weighted by atomic mass is 10.3. The summed E-state index contributed by atoms with van der Waals surface area (Å²) in [4.78, 5) is 16.8. The molecule has 1 aromatic carbocycles. The van der Waals surface area contributed by atoms with E-state index in [0.29, 0.717) is 16.8 Å². The first-order valence-electron chi connectivity index (χ1n) is 7.79. The number of amides is 1. The highest BCUT2D eigenvalue weighted by atomic mass is 35.5. The van der Waals surface area contributed by atoms with E-state index >= 15 is 0 Å². The number of anilines is 1. The summed E-state index contributed by atoms with van der Waals surface area (Å²) in [6.45, 7) is 2.24. The zero-order valence-corrected chi connectivity index (χ0v) is 16.5. The number of aromatic nitrogens is 2. The van der Waals surface area contributed by atoms with Crippen molar-refractivity contribution in [1.82, 2.24) is 13.9 Å². The van der Waals surface area contributed by atoms with E-state index < -0.39 is 15.9 Å². The third-order valence-corrected chi connectivity index (χ3v) is 7.30. The highest BCUT2D eigenvalue weighted by Gasteiger charge is 2.25. The number of hydrogen-bond acceptors (Lipinski definition) is 5. The van der Waals surface area contributed by atoms with Gasteiger partial charge < -0.3 is 4.57 Å². The topological polar surface area (TPSA) is 84.3 Å². The first-order chi connectivity index (χ1) is 12.3. The number of thiophene rings is 1. The normalized spacial score (nSPS) is 12.0. The van der Waals surface area contributed by atoms with Crippen molar-refractivity contribution < 1.29 is 13.2 Å². The summed E-state index contributed by atoms with van der Waals surface area (Å²) in [6, 6.07) is 10.5. The summed E-state index contributed by atoms with van der Waals surface area (Å²) in [5.74, 6) is -0.0765. The molecule has 3 aromatic rings. The molecule has 0 saturated heterocycles. The molecule has 0 fully saturated rings. The summed E-state index contributed by atoms with van der Waals surface area (Å²) < 4.78 is 28.3. The predicted molar refractivity (Wildman–Crippen MR) is 103 cm³/mol. The molecule has 0 aliphatic carbocycles. The van der Waals surface area contributed by atoms with Gasteiger partial charge in [-0.1, -0.05) is 23.7 Å². The lowest BCUT2D eigenvalue weighted by Crippen LogP contribution is -2.35. The van der Waals surface area contributed by atoms with Crippen LogP contribution in [0.15, 0.2) is 40.6 Å². The van der Waals surface area contributed by atoms with Crippen molar-refractivity contribution in [2.45, 2.75) is 17.7 Å². The minimum atomic E-state index is -3.77. The van der Waals surface area contributed by atoms with E-state index in [-0.39, 0.29) is 10.8 Å². The van der Waals surface area contributed by atoms with Crippen LogP contribution < -0.4 is 5.32 Å². The molecule has 7 nitrogen and oxygen atoms in total. The lowest BCUT2D eigenvalue weighted by molar-refractivity contribution is -0.116. The van der Waals surface area contributed by atoms with Crippen LogP contribution in [0.4, 0.5) is 5.95 Å². The molecule has 0 aliphatic heterocycles. The van der Waals surface area contributed by atoms with E-state index in [1.165, 1.54) is 19.2 Å². The molecule has 0 unspecified atom stereocenters. The van der Waals surface area contributed by atoms with Gasteiger partial charge in [0.1, 0.15) is 4.21 Å². The predicted octanol–water partition coefficient (Wildman–Crippen LogP) is 3.03. The van der Waals surface area contributed by atoms with Crippen molar-refractivity contribution in [1.29, 1.82) is 0 Å². The van der Waals surface area contributed by atoms with Gasteiger partial charge in [-0.3, -0.25) is 10.1 Å². The Kier molecular flexibility index (Phi) is 5.33. The van der Waals surface area contributed by atoms with Crippen molar-refractivity contribution in [3.63, 3.8) is 0 Å². The van der Waals surface area contributed by atoms with Gasteiger partial charge in [0.15, 0.2) is 0 Å². The molecule has 2 aromatic heterocycles. The number of hydrogen-bond donors (Lipinski definition) is 1. The number of carbonyl (C=O) groups is 1.